The van der Waals surface area contributed by atoms with Crippen molar-refractivity contribution in [3.05, 3.63) is 17.8 Å². The first kappa shape index (κ1) is 15.0. The minimum Gasteiger partial charge on any atom is -0.480 e. The summed E-state index contributed by atoms with van der Waals surface area (Å²) in [6.45, 7) is 5.51. The van der Waals surface area contributed by atoms with Crippen molar-refractivity contribution in [3.63, 3.8) is 0 Å². The number of urea groups is 1. The van der Waals surface area contributed by atoms with Crippen LogP contribution in [0.3, 0.4) is 0 Å². The Morgan fingerprint density at radius 2 is 2.21 bits per heavy atom. The van der Waals surface area contributed by atoms with Crippen molar-refractivity contribution in [3.8, 4) is 0 Å². The summed E-state index contributed by atoms with van der Waals surface area (Å²) in [7, 11) is 0. The Bertz CT molecular complexity index is 444. The highest BCUT2D eigenvalue weighted by Crippen LogP contribution is 2.07. The number of amides is 2. The maximum absolute atomic E-state index is 11.6. The van der Waals surface area contributed by atoms with E-state index in [1.165, 1.54) is 0 Å². The maximum Gasteiger partial charge on any atom is 0.326 e. The third-order valence-corrected chi connectivity index (χ3v) is 2.83. The highest BCUT2D eigenvalue weighted by atomic mass is 16.4. The van der Waals surface area contributed by atoms with Crippen molar-refractivity contribution >= 4 is 12.0 Å². The van der Waals surface area contributed by atoms with Gasteiger partial charge in [-0.15, -0.1) is 0 Å². The lowest BCUT2D eigenvalue weighted by molar-refractivity contribution is -0.140. The number of nitrogens with zero attached hydrogens (tertiary/aromatic N) is 1. The van der Waals surface area contributed by atoms with Gasteiger partial charge in [-0.25, -0.2) is 14.6 Å². The van der Waals surface area contributed by atoms with Crippen LogP contribution in [0.15, 0.2) is 10.6 Å². The number of carbonyl (C=O) groups excluding carboxylic acids is 1. The summed E-state index contributed by atoms with van der Waals surface area (Å²) in [6, 6.07) is -1.46. The molecular weight excluding hydrogens is 250 g/mol. The van der Waals surface area contributed by atoms with Crippen LogP contribution in [0.5, 0.6) is 0 Å². The molecule has 0 spiro atoms. The molecular formula is C12H19N3O4. The van der Waals surface area contributed by atoms with Crippen molar-refractivity contribution in [2.24, 2.45) is 5.92 Å². The highest BCUT2D eigenvalue weighted by molar-refractivity contribution is 5.82. The molecule has 1 heterocycles. The van der Waals surface area contributed by atoms with Gasteiger partial charge < -0.3 is 20.2 Å². The van der Waals surface area contributed by atoms with Crippen LogP contribution in [0.2, 0.25) is 0 Å². The molecule has 7 nitrogen and oxygen atoms in total. The first-order chi connectivity index (χ1) is 8.93. The SMILES string of the molecule is CCC(C)[C@H](NC(=O)NCc1ncc(C)o1)C(=O)O. The highest BCUT2D eigenvalue weighted by Gasteiger charge is 2.25. The molecule has 7 heteroatoms. The number of oxazole rings is 1. The summed E-state index contributed by atoms with van der Waals surface area (Å²) in [6.07, 6.45) is 2.21. The van der Waals surface area contributed by atoms with Crippen molar-refractivity contribution < 1.29 is 19.1 Å². The summed E-state index contributed by atoms with van der Waals surface area (Å²) >= 11 is 0. The number of carboxylic acids is 1. The normalized spacial score (nSPS) is 13.6. The molecule has 1 aromatic heterocycles. The van der Waals surface area contributed by atoms with Gasteiger partial charge in [-0.05, 0) is 12.8 Å². The minimum absolute atomic E-state index is 0.118. The Morgan fingerprint density at radius 1 is 1.53 bits per heavy atom. The smallest absolute Gasteiger partial charge is 0.326 e. The number of carboxylic acid groups (broad SMARTS) is 1. The molecule has 0 fully saturated rings. The van der Waals surface area contributed by atoms with Crippen molar-refractivity contribution in [2.75, 3.05) is 0 Å². The predicted octanol–water partition coefficient (Wildman–Crippen LogP) is 1.28. The Labute approximate surface area is 111 Å². The molecule has 0 saturated carbocycles. The molecule has 19 heavy (non-hydrogen) atoms. The second kappa shape index (κ2) is 6.77. The fraction of sp³-hybridized carbons (Fsp3) is 0.583. The molecule has 106 valence electrons. The monoisotopic (exact) mass is 269 g/mol. The van der Waals surface area contributed by atoms with Crippen LogP contribution < -0.4 is 10.6 Å². The van der Waals surface area contributed by atoms with Crippen LogP contribution in [0.4, 0.5) is 4.79 Å². The molecule has 0 aliphatic heterocycles. The summed E-state index contributed by atoms with van der Waals surface area (Å²) in [5.74, 6) is -0.160. The number of aryl methyl sites for hydroxylation is 1. The maximum atomic E-state index is 11.6. The largest absolute Gasteiger partial charge is 0.480 e. The molecule has 3 N–H and O–H groups in total. The zero-order valence-corrected chi connectivity index (χ0v) is 11.3. The van der Waals surface area contributed by atoms with Crippen molar-refractivity contribution in [2.45, 2.75) is 39.8 Å². The minimum atomic E-state index is -1.04. The Balaban J connectivity index is 2.46. The summed E-state index contributed by atoms with van der Waals surface area (Å²) < 4.78 is 5.19. The summed E-state index contributed by atoms with van der Waals surface area (Å²) in [5, 5.41) is 14.0. The lowest BCUT2D eigenvalue weighted by atomic mass is 9.99. The predicted molar refractivity (Wildman–Crippen MR) is 67.5 cm³/mol. The zero-order chi connectivity index (χ0) is 14.4. The van der Waals surface area contributed by atoms with Crippen LogP contribution in [-0.4, -0.2) is 28.1 Å². The first-order valence-corrected chi connectivity index (χ1v) is 6.12. The zero-order valence-electron chi connectivity index (χ0n) is 11.3. The van der Waals surface area contributed by atoms with Gasteiger partial charge in [0, 0.05) is 0 Å². The van der Waals surface area contributed by atoms with E-state index in [0.717, 1.165) is 0 Å². The molecule has 0 saturated heterocycles. The van der Waals surface area contributed by atoms with E-state index in [-0.39, 0.29) is 12.5 Å². The number of hydrogen-bond donors (Lipinski definition) is 3. The quantitative estimate of drug-likeness (QED) is 0.721. The van der Waals surface area contributed by atoms with Crippen molar-refractivity contribution in [1.82, 2.24) is 15.6 Å². The van der Waals surface area contributed by atoms with Crippen LogP contribution >= 0.6 is 0 Å². The average Bonchev–Trinajstić information content (AvgIpc) is 2.78. The number of rotatable bonds is 6. The van der Waals surface area contributed by atoms with E-state index in [2.05, 4.69) is 15.6 Å². The number of carbonyl (C=O) groups is 2. The van der Waals surface area contributed by atoms with Gasteiger partial charge in [0.2, 0.25) is 5.89 Å². The van der Waals surface area contributed by atoms with E-state index >= 15 is 0 Å². The topological polar surface area (TPSA) is 104 Å². The van der Waals surface area contributed by atoms with Gasteiger partial charge in [-0.1, -0.05) is 20.3 Å². The molecule has 0 radical (unpaired) electrons. The second-order valence-electron chi connectivity index (χ2n) is 4.39. The molecule has 1 aromatic rings. The van der Waals surface area contributed by atoms with Gasteiger partial charge in [0.25, 0.3) is 0 Å². The lowest BCUT2D eigenvalue weighted by Crippen LogP contribution is -2.48. The second-order valence-corrected chi connectivity index (χ2v) is 4.39. The number of aromatic nitrogens is 1. The van der Waals surface area contributed by atoms with Gasteiger partial charge in [0.1, 0.15) is 11.8 Å². The number of aliphatic carboxylic acids is 1. The van der Waals surface area contributed by atoms with E-state index in [0.29, 0.717) is 18.1 Å². The molecule has 2 atom stereocenters. The third-order valence-electron chi connectivity index (χ3n) is 2.83. The molecule has 0 aliphatic rings. The fourth-order valence-corrected chi connectivity index (χ4v) is 1.51. The Kier molecular flexibility index (Phi) is 5.35. The number of nitrogens with one attached hydrogen (secondary N) is 2. The summed E-state index contributed by atoms with van der Waals surface area (Å²) in [5.41, 5.74) is 0. The Hall–Kier alpha value is -2.05. The molecule has 1 unspecified atom stereocenters. The van der Waals surface area contributed by atoms with E-state index in [1.54, 1.807) is 20.0 Å². The fourth-order valence-electron chi connectivity index (χ4n) is 1.51. The van der Waals surface area contributed by atoms with Crippen LogP contribution in [-0.2, 0) is 11.3 Å². The van der Waals surface area contributed by atoms with E-state index < -0.39 is 18.0 Å². The molecule has 0 aliphatic carbocycles. The van der Waals surface area contributed by atoms with E-state index in [1.807, 2.05) is 6.92 Å². The summed E-state index contributed by atoms with van der Waals surface area (Å²) in [4.78, 5) is 26.6. The molecule has 1 rings (SSSR count). The lowest BCUT2D eigenvalue weighted by Gasteiger charge is -2.20. The molecule has 2 amide bonds. The molecule has 0 bridgehead atoms. The van der Waals surface area contributed by atoms with Crippen LogP contribution in [0.1, 0.15) is 31.9 Å². The van der Waals surface area contributed by atoms with E-state index in [4.69, 9.17) is 9.52 Å². The standard InChI is InChI=1S/C12H19N3O4/c1-4-7(2)10(11(16)17)15-12(18)14-6-9-13-5-8(3)19-9/h5,7,10H,4,6H2,1-3H3,(H,16,17)(H2,14,15,18)/t7?,10-/m0/s1. The average molecular weight is 269 g/mol. The van der Waals surface area contributed by atoms with Gasteiger partial charge in [0.15, 0.2) is 0 Å². The van der Waals surface area contributed by atoms with Gasteiger partial charge in [0.05, 0.1) is 12.7 Å². The van der Waals surface area contributed by atoms with Gasteiger partial charge in [-0.2, -0.15) is 0 Å². The molecule has 0 aromatic carbocycles. The Morgan fingerprint density at radius 3 is 2.68 bits per heavy atom. The van der Waals surface area contributed by atoms with Crippen LogP contribution in [0.25, 0.3) is 0 Å². The van der Waals surface area contributed by atoms with Crippen molar-refractivity contribution in [1.29, 1.82) is 0 Å². The van der Waals surface area contributed by atoms with Gasteiger partial charge >= 0.3 is 12.0 Å². The first-order valence-electron chi connectivity index (χ1n) is 6.12. The van der Waals surface area contributed by atoms with E-state index in [9.17, 15) is 9.59 Å². The van der Waals surface area contributed by atoms with Crippen LogP contribution in [0, 0.1) is 12.8 Å². The number of hydrogen-bond acceptors (Lipinski definition) is 4. The van der Waals surface area contributed by atoms with Gasteiger partial charge in [-0.3, -0.25) is 0 Å². The third kappa shape index (κ3) is 4.61.